The summed E-state index contributed by atoms with van der Waals surface area (Å²) in [7, 11) is 1.91. The molecular formula is C11H21N3O. The molecule has 1 aromatic heterocycles. The van der Waals surface area contributed by atoms with Crippen LogP contribution in [-0.2, 0) is 20.0 Å². The monoisotopic (exact) mass is 211 g/mol. The van der Waals surface area contributed by atoms with Crippen LogP contribution in [0.1, 0.15) is 32.9 Å². The van der Waals surface area contributed by atoms with Crippen LogP contribution in [0, 0.1) is 5.92 Å². The molecule has 0 atom stereocenters. The first-order valence-electron chi connectivity index (χ1n) is 5.53. The van der Waals surface area contributed by atoms with E-state index in [1.807, 2.05) is 11.7 Å². The van der Waals surface area contributed by atoms with Gasteiger partial charge in [0.25, 0.3) is 5.56 Å². The Labute approximate surface area is 90.7 Å². The lowest BCUT2D eigenvalue weighted by Gasteiger charge is -2.11. The summed E-state index contributed by atoms with van der Waals surface area (Å²) in [5.74, 6) is 0.449. The van der Waals surface area contributed by atoms with E-state index in [1.54, 1.807) is 4.68 Å². The minimum absolute atomic E-state index is 0.0466. The van der Waals surface area contributed by atoms with Gasteiger partial charge in [0.05, 0.1) is 5.69 Å². The number of anilines is 1. The molecule has 2 N–H and O–H groups in total. The molecule has 0 aliphatic heterocycles. The van der Waals surface area contributed by atoms with Crippen LogP contribution < -0.4 is 11.3 Å². The molecule has 0 saturated carbocycles. The largest absolute Gasteiger partial charge is 0.393 e. The van der Waals surface area contributed by atoms with Gasteiger partial charge in [-0.1, -0.05) is 27.2 Å². The zero-order valence-corrected chi connectivity index (χ0v) is 10.1. The van der Waals surface area contributed by atoms with Crippen LogP contribution in [-0.4, -0.2) is 9.36 Å². The highest BCUT2D eigenvalue weighted by molar-refractivity contribution is 5.41. The van der Waals surface area contributed by atoms with E-state index in [-0.39, 0.29) is 5.56 Å². The number of hydrogen-bond donors (Lipinski definition) is 1. The summed E-state index contributed by atoms with van der Waals surface area (Å²) in [4.78, 5) is 11.8. The number of hydrogen-bond acceptors (Lipinski definition) is 2. The Morgan fingerprint density at radius 1 is 1.40 bits per heavy atom. The van der Waals surface area contributed by atoms with E-state index in [0.29, 0.717) is 11.6 Å². The fourth-order valence-electron chi connectivity index (χ4n) is 1.80. The van der Waals surface area contributed by atoms with E-state index in [1.165, 1.54) is 0 Å². The smallest absolute Gasteiger partial charge is 0.290 e. The van der Waals surface area contributed by atoms with Gasteiger partial charge in [-0.05, 0) is 12.3 Å². The lowest BCUT2D eigenvalue weighted by atomic mass is 10.2. The molecule has 0 spiro atoms. The van der Waals surface area contributed by atoms with Crippen molar-refractivity contribution in [1.82, 2.24) is 9.36 Å². The van der Waals surface area contributed by atoms with Gasteiger partial charge in [0.1, 0.15) is 5.69 Å². The first-order valence-corrected chi connectivity index (χ1v) is 5.53. The summed E-state index contributed by atoms with van der Waals surface area (Å²) in [6.07, 6.45) is 1.87. The first kappa shape index (κ1) is 11.9. The Morgan fingerprint density at radius 3 is 2.47 bits per heavy atom. The second-order valence-electron chi connectivity index (χ2n) is 4.42. The Bertz CT molecular complexity index is 387. The molecule has 15 heavy (non-hydrogen) atoms. The molecule has 0 radical (unpaired) electrons. The van der Waals surface area contributed by atoms with E-state index in [4.69, 9.17) is 5.73 Å². The predicted octanol–water partition coefficient (Wildman–Crippen LogP) is 1.38. The molecule has 0 aliphatic rings. The zero-order valence-electron chi connectivity index (χ0n) is 10.1. The van der Waals surface area contributed by atoms with Gasteiger partial charge in [0.15, 0.2) is 0 Å². The maximum absolute atomic E-state index is 11.8. The van der Waals surface area contributed by atoms with Gasteiger partial charge < -0.3 is 5.73 Å². The van der Waals surface area contributed by atoms with Crippen molar-refractivity contribution in [3.63, 3.8) is 0 Å². The normalized spacial score (nSPS) is 11.3. The zero-order chi connectivity index (χ0) is 11.6. The fourth-order valence-corrected chi connectivity index (χ4v) is 1.80. The average molecular weight is 211 g/mol. The summed E-state index contributed by atoms with van der Waals surface area (Å²) in [6, 6.07) is 0. The van der Waals surface area contributed by atoms with Crippen LogP contribution >= 0.6 is 0 Å². The Morgan fingerprint density at radius 2 is 2.00 bits per heavy atom. The predicted molar refractivity (Wildman–Crippen MR) is 62.9 cm³/mol. The Hall–Kier alpha value is -1.19. The third-order valence-corrected chi connectivity index (χ3v) is 2.55. The summed E-state index contributed by atoms with van der Waals surface area (Å²) < 4.78 is 3.63. The number of rotatable bonds is 4. The van der Waals surface area contributed by atoms with Crippen molar-refractivity contribution in [2.45, 2.75) is 40.2 Å². The van der Waals surface area contributed by atoms with Crippen molar-refractivity contribution in [3.05, 3.63) is 16.0 Å². The third-order valence-electron chi connectivity index (χ3n) is 2.55. The van der Waals surface area contributed by atoms with Crippen LogP contribution in [0.15, 0.2) is 4.79 Å². The molecule has 0 unspecified atom stereocenters. The van der Waals surface area contributed by atoms with Gasteiger partial charge >= 0.3 is 0 Å². The van der Waals surface area contributed by atoms with Crippen LogP contribution in [0.5, 0.6) is 0 Å². The van der Waals surface area contributed by atoms with E-state index in [9.17, 15) is 4.79 Å². The Balaban J connectivity index is 3.17. The molecule has 1 rings (SSSR count). The molecule has 0 saturated heterocycles. The topological polar surface area (TPSA) is 53.0 Å². The van der Waals surface area contributed by atoms with Gasteiger partial charge in [-0.25, -0.2) is 4.68 Å². The summed E-state index contributed by atoms with van der Waals surface area (Å²) >= 11 is 0. The SMILES string of the molecule is CCCc1c(N)c(=O)n(CC(C)C)n1C. The molecule has 1 aromatic rings. The van der Waals surface area contributed by atoms with E-state index >= 15 is 0 Å². The van der Waals surface area contributed by atoms with E-state index in [2.05, 4.69) is 20.8 Å². The molecule has 0 aromatic carbocycles. The van der Waals surface area contributed by atoms with Crippen LogP contribution in [0.4, 0.5) is 5.69 Å². The van der Waals surface area contributed by atoms with Crippen molar-refractivity contribution in [2.75, 3.05) is 5.73 Å². The van der Waals surface area contributed by atoms with Gasteiger partial charge in [0.2, 0.25) is 0 Å². The van der Waals surface area contributed by atoms with E-state index < -0.39 is 0 Å². The second kappa shape index (κ2) is 4.55. The van der Waals surface area contributed by atoms with Crippen LogP contribution in [0.25, 0.3) is 0 Å². The van der Waals surface area contributed by atoms with Crippen molar-refractivity contribution in [3.8, 4) is 0 Å². The summed E-state index contributed by atoms with van der Waals surface area (Å²) in [5.41, 5.74) is 7.14. The molecule has 4 heteroatoms. The average Bonchev–Trinajstić information content (AvgIpc) is 2.35. The quantitative estimate of drug-likeness (QED) is 0.818. The maximum Gasteiger partial charge on any atom is 0.290 e. The summed E-state index contributed by atoms with van der Waals surface area (Å²) in [6.45, 7) is 7.00. The number of nitrogens with two attached hydrogens (primary N) is 1. The second-order valence-corrected chi connectivity index (χ2v) is 4.42. The molecule has 0 bridgehead atoms. The molecule has 86 valence electrons. The van der Waals surface area contributed by atoms with Gasteiger partial charge in [-0.3, -0.25) is 9.48 Å². The third kappa shape index (κ3) is 2.25. The lowest BCUT2D eigenvalue weighted by Crippen LogP contribution is -2.24. The van der Waals surface area contributed by atoms with Crippen molar-refractivity contribution in [2.24, 2.45) is 13.0 Å². The number of nitrogen functional groups attached to an aromatic ring is 1. The molecular weight excluding hydrogens is 190 g/mol. The van der Waals surface area contributed by atoms with Crippen molar-refractivity contribution < 1.29 is 0 Å². The molecule has 1 heterocycles. The molecule has 0 fully saturated rings. The van der Waals surface area contributed by atoms with Crippen LogP contribution in [0.2, 0.25) is 0 Å². The maximum atomic E-state index is 11.8. The molecule has 0 aliphatic carbocycles. The van der Waals surface area contributed by atoms with Gasteiger partial charge in [-0.2, -0.15) is 0 Å². The molecule has 0 amide bonds. The van der Waals surface area contributed by atoms with Crippen molar-refractivity contribution in [1.29, 1.82) is 0 Å². The van der Waals surface area contributed by atoms with Gasteiger partial charge in [-0.15, -0.1) is 0 Å². The van der Waals surface area contributed by atoms with E-state index in [0.717, 1.165) is 25.1 Å². The molecule has 4 nitrogen and oxygen atoms in total. The van der Waals surface area contributed by atoms with Gasteiger partial charge in [0, 0.05) is 13.6 Å². The minimum atomic E-state index is -0.0466. The number of nitrogens with zero attached hydrogens (tertiary/aromatic N) is 2. The highest BCUT2D eigenvalue weighted by atomic mass is 16.1. The first-order chi connectivity index (χ1) is 6.99. The van der Waals surface area contributed by atoms with Crippen molar-refractivity contribution >= 4 is 5.69 Å². The fraction of sp³-hybridized carbons (Fsp3) is 0.727. The lowest BCUT2D eigenvalue weighted by molar-refractivity contribution is 0.410. The highest BCUT2D eigenvalue weighted by Crippen LogP contribution is 2.10. The Kier molecular flexibility index (Phi) is 3.61. The minimum Gasteiger partial charge on any atom is -0.393 e. The highest BCUT2D eigenvalue weighted by Gasteiger charge is 2.14. The number of aromatic nitrogens is 2. The van der Waals surface area contributed by atoms with Crippen LogP contribution in [0.3, 0.4) is 0 Å². The standard InChI is InChI=1S/C11H21N3O/c1-5-6-9-10(12)11(15)14(13(9)4)7-8(2)3/h8H,5-7,12H2,1-4H3. The summed E-state index contributed by atoms with van der Waals surface area (Å²) in [5, 5.41) is 0.